The quantitative estimate of drug-likeness (QED) is 0.675. The molecule has 2 aliphatic rings. The molecule has 1 fully saturated rings. The molecule has 0 unspecified atom stereocenters. The molecule has 3 aromatic rings. The highest BCUT2D eigenvalue weighted by atomic mass is 19.1. The van der Waals surface area contributed by atoms with E-state index in [2.05, 4.69) is 19.9 Å². The second-order valence-electron chi connectivity index (χ2n) is 7.53. The van der Waals surface area contributed by atoms with Crippen LogP contribution in [0.5, 0.6) is 0 Å². The Kier molecular flexibility index (Phi) is 4.63. The zero-order valence-corrected chi connectivity index (χ0v) is 16.1. The van der Waals surface area contributed by atoms with Gasteiger partial charge in [-0.25, -0.2) is 4.39 Å². The van der Waals surface area contributed by atoms with Crippen LogP contribution in [0.2, 0.25) is 0 Å². The molecular formula is C21H22FN5O2. The Balaban J connectivity index is 1.18. The molecule has 29 heavy (non-hydrogen) atoms. The summed E-state index contributed by atoms with van der Waals surface area (Å²) in [4.78, 5) is 23.3. The van der Waals surface area contributed by atoms with Crippen LogP contribution in [0.25, 0.3) is 11.0 Å². The Bertz CT molecular complexity index is 1040. The maximum absolute atomic E-state index is 13.6. The number of benzene rings is 1. The van der Waals surface area contributed by atoms with Crippen LogP contribution in [0, 0.1) is 5.82 Å². The molecule has 7 nitrogen and oxygen atoms in total. The number of piperazine rings is 1. The van der Waals surface area contributed by atoms with E-state index in [1.807, 2.05) is 17.0 Å². The van der Waals surface area contributed by atoms with E-state index in [1.165, 1.54) is 12.1 Å². The number of carbonyl (C=O) groups excluding carboxylic acids is 1. The largest absolute Gasteiger partial charge is 0.354 e. The number of nitrogens with zero attached hydrogens (tertiary/aromatic N) is 5. The van der Waals surface area contributed by atoms with Crippen LogP contribution in [0.15, 0.2) is 41.1 Å². The minimum absolute atomic E-state index is 0.0292. The smallest absolute Gasteiger partial charge is 0.272 e. The third kappa shape index (κ3) is 3.44. The number of amides is 1. The van der Waals surface area contributed by atoms with Crippen molar-refractivity contribution in [3.8, 4) is 0 Å². The molecule has 8 heteroatoms. The van der Waals surface area contributed by atoms with Crippen LogP contribution in [0.1, 0.15) is 16.1 Å². The van der Waals surface area contributed by atoms with Gasteiger partial charge < -0.3 is 14.3 Å². The number of halogens is 1. The van der Waals surface area contributed by atoms with E-state index in [1.54, 1.807) is 12.3 Å². The lowest BCUT2D eigenvalue weighted by Crippen LogP contribution is -2.50. The molecule has 2 aliphatic heterocycles. The summed E-state index contributed by atoms with van der Waals surface area (Å²) in [6.07, 6.45) is 2.54. The molecule has 150 valence electrons. The highest BCUT2D eigenvalue weighted by Crippen LogP contribution is 2.27. The standard InChI is InChI=1S/C21H22FN5O2/c22-16-3-4-18-17(14-16)20(24-29-18)26-11-8-25(9-12-26)10-13-27-7-5-15-2-1-6-23-19(15)21(27)28/h1-4,6,14H,5,7-13H2. The fourth-order valence-electron chi connectivity index (χ4n) is 4.12. The summed E-state index contributed by atoms with van der Waals surface area (Å²) < 4.78 is 18.9. The third-order valence-corrected chi connectivity index (χ3v) is 5.80. The molecule has 1 saturated heterocycles. The Morgan fingerprint density at radius 2 is 1.93 bits per heavy atom. The van der Waals surface area contributed by atoms with Crippen LogP contribution < -0.4 is 4.90 Å². The predicted molar refractivity (Wildman–Crippen MR) is 106 cm³/mol. The van der Waals surface area contributed by atoms with Gasteiger partial charge in [-0.2, -0.15) is 0 Å². The zero-order valence-electron chi connectivity index (χ0n) is 16.1. The molecule has 1 aromatic carbocycles. The number of fused-ring (bicyclic) bond motifs is 2. The number of pyridine rings is 1. The van der Waals surface area contributed by atoms with E-state index in [-0.39, 0.29) is 11.7 Å². The van der Waals surface area contributed by atoms with Gasteiger partial charge in [0.25, 0.3) is 5.91 Å². The third-order valence-electron chi connectivity index (χ3n) is 5.80. The Labute approximate surface area is 167 Å². The van der Waals surface area contributed by atoms with Crippen LogP contribution >= 0.6 is 0 Å². The number of rotatable bonds is 4. The topological polar surface area (TPSA) is 65.7 Å². The van der Waals surface area contributed by atoms with Crippen LogP contribution in [0.3, 0.4) is 0 Å². The molecule has 0 saturated carbocycles. The molecule has 1 amide bonds. The summed E-state index contributed by atoms with van der Waals surface area (Å²) in [7, 11) is 0. The SMILES string of the molecule is O=C1c2ncccc2CCN1CCN1CCN(c2noc3ccc(F)cc23)CC1. The van der Waals surface area contributed by atoms with Gasteiger partial charge in [0.15, 0.2) is 11.4 Å². The molecule has 2 aromatic heterocycles. The zero-order chi connectivity index (χ0) is 19.8. The molecule has 5 rings (SSSR count). The first-order chi connectivity index (χ1) is 14.2. The summed E-state index contributed by atoms with van der Waals surface area (Å²) in [5.41, 5.74) is 2.23. The lowest BCUT2D eigenvalue weighted by Gasteiger charge is -2.36. The van der Waals surface area contributed by atoms with Crippen LogP contribution in [0.4, 0.5) is 10.2 Å². The fraction of sp³-hybridized carbons (Fsp3) is 0.381. The van der Waals surface area contributed by atoms with Gasteiger partial charge in [0, 0.05) is 52.0 Å². The van der Waals surface area contributed by atoms with E-state index in [0.29, 0.717) is 29.0 Å². The molecule has 0 aliphatic carbocycles. The predicted octanol–water partition coefficient (Wildman–Crippen LogP) is 2.18. The summed E-state index contributed by atoms with van der Waals surface area (Å²) in [6.45, 7) is 5.57. The summed E-state index contributed by atoms with van der Waals surface area (Å²) >= 11 is 0. The molecule has 0 radical (unpaired) electrons. The van der Waals surface area contributed by atoms with Gasteiger partial charge in [-0.1, -0.05) is 11.2 Å². The maximum atomic E-state index is 13.6. The monoisotopic (exact) mass is 395 g/mol. The minimum atomic E-state index is -0.289. The number of hydrogen-bond acceptors (Lipinski definition) is 6. The summed E-state index contributed by atoms with van der Waals surface area (Å²) in [6, 6.07) is 8.33. The first kappa shape index (κ1) is 18.1. The van der Waals surface area contributed by atoms with E-state index in [0.717, 1.165) is 51.3 Å². The van der Waals surface area contributed by atoms with Gasteiger partial charge in [0.2, 0.25) is 0 Å². The molecular weight excluding hydrogens is 373 g/mol. The molecule has 0 spiro atoms. The average Bonchev–Trinajstić information content (AvgIpc) is 3.17. The van der Waals surface area contributed by atoms with Gasteiger partial charge in [0.1, 0.15) is 11.5 Å². The molecule has 0 bridgehead atoms. The van der Waals surface area contributed by atoms with E-state index < -0.39 is 0 Å². The fourth-order valence-corrected chi connectivity index (χ4v) is 4.12. The van der Waals surface area contributed by atoms with Crippen molar-refractivity contribution in [1.82, 2.24) is 19.9 Å². The van der Waals surface area contributed by atoms with Gasteiger partial charge in [-0.3, -0.25) is 14.7 Å². The van der Waals surface area contributed by atoms with Gasteiger partial charge in [-0.05, 0) is 36.2 Å². The van der Waals surface area contributed by atoms with Crippen molar-refractivity contribution >= 4 is 22.7 Å². The Morgan fingerprint density at radius 3 is 2.79 bits per heavy atom. The van der Waals surface area contributed by atoms with Crippen LogP contribution in [-0.2, 0) is 6.42 Å². The van der Waals surface area contributed by atoms with E-state index in [9.17, 15) is 9.18 Å². The first-order valence-electron chi connectivity index (χ1n) is 9.94. The summed E-state index contributed by atoms with van der Waals surface area (Å²) in [5, 5.41) is 4.85. The van der Waals surface area contributed by atoms with Crippen LogP contribution in [-0.4, -0.2) is 71.7 Å². The van der Waals surface area contributed by atoms with Crippen molar-refractivity contribution in [2.75, 3.05) is 50.7 Å². The average molecular weight is 395 g/mol. The van der Waals surface area contributed by atoms with Crippen molar-refractivity contribution < 1.29 is 13.7 Å². The van der Waals surface area contributed by atoms with E-state index in [4.69, 9.17) is 4.52 Å². The molecule has 4 heterocycles. The minimum Gasteiger partial charge on any atom is -0.354 e. The lowest BCUT2D eigenvalue weighted by atomic mass is 10.0. The lowest BCUT2D eigenvalue weighted by molar-refractivity contribution is 0.0710. The highest BCUT2D eigenvalue weighted by Gasteiger charge is 2.27. The number of anilines is 1. The second kappa shape index (κ2) is 7.44. The number of carbonyl (C=O) groups is 1. The Hall–Kier alpha value is -3.00. The van der Waals surface area contributed by atoms with Crippen molar-refractivity contribution in [1.29, 1.82) is 0 Å². The Morgan fingerprint density at radius 1 is 1.07 bits per heavy atom. The van der Waals surface area contributed by atoms with Gasteiger partial charge in [0.05, 0.1) is 5.39 Å². The van der Waals surface area contributed by atoms with Gasteiger partial charge >= 0.3 is 0 Å². The first-order valence-corrected chi connectivity index (χ1v) is 9.94. The van der Waals surface area contributed by atoms with Gasteiger partial charge in [-0.15, -0.1) is 0 Å². The summed E-state index contributed by atoms with van der Waals surface area (Å²) in [5.74, 6) is 0.442. The second-order valence-corrected chi connectivity index (χ2v) is 7.53. The number of aromatic nitrogens is 2. The highest BCUT2D eigenvalue weighted by molar-refractivity contribution is 5.94. The van der Waals surface area contributed by atoms with E-state index >= 15 is 0 Å². The normalized spacial score (nSPS) is 17.8. The maximum Gasteiger partial charge on any atom is 0.272 e. The van der Waals surface area contributed by atoms with Crippen molar-refractivity contribution in [2.45, 2.75) is 6.42 Å². The molecule has 0 N–H and O–H groups in total. The van der Waals surface area contributed by atoms with Crippen molar-refractivity contribution in [2.24, 2.45) is 0 Å². The molecule has 0 atom stereocenters. The van der Waals surface area contributed by atoms with Crippen molar-refractivity contribution in [3.63, 3.8) is 0 Å². The number of hydrogen-bond donors (Lipinski definition) is 0. The van der Waals surface area contributed by atoms with Crippen molar-refractivity contribution in [3.05, 3.63) is 53.6 Å².